The number of aliphatic hydroxyl groups is 1. The highest BCUT2D eigenvalue weighted by Gasteiger charge is 2.49. The van der Waals surface area contributed by atoms with E-state index < -0.39 is 5.60 Å². The predicted octanol–water partition coefficient (Wildman–Crippen LogP) is 2.71. The maximum Gasteiger partial charge on any atom is 0.0832 e. The molecule has 1 heterocycles. The van der Waals surface area contributed by atoms with E-state index in [1.54, 1.807) is 0 Å². The molecule has 1 saturated heterocycles. The molecule has 0 aromatic carbocycles. The van der Waals surface area contributed by atoms with Gasteiger partial charge in [-0.1, -0.05) is 33.6 Å². The van der Waals surface area contributed by atoms with Crippen LogP contribution in [0.2, 0.25) is 0 Å². The SMILES string of the molecule is CC(C)(C)C1CCCCC1(O)C1CCCN1. The lowest BCUT2D eigenvalue weighted by Crippen LogP contribution is -2.57. The standard InChI is InChI=1S/C14H27NO/c1-13(2,3)11-7-4-5-9-14(11,16)12-8-6-10-15-12/h11-12,15-16H,4-10H2,1-3H3. The first-order chi connectivity index (χ1) is 7.44. The van der Waals surface area contributed by atoms with Crippen molar-refractivity contribution in [1.29, 1.82) is 0 Å². The van der Waals surface area contributed by atoms with Crippen LogP contribution in [-0.2, 0) is 0 Å². The smallest absolute Gasteiger partial charge is 0.0832 e. The minimum absolute atomic E-state index is 0.222. The van der Waals surface area contributed by atoms with Crippen molar-refractivity contribution in [1.82, 2.24) is 5.32 Å². The summed E-state index contributed by atoms with van der Waals surface area (Å²) in [6.45, 7) is 7.93. The highest BCUT2D eigenvalue weighted by Crippen LogP contribution is 2.47. The fourth-order valence-electron chi connectivity index (χ4n) is 3.89. The van der Waals surface area contributed by atoms with E-state index in [4.69, 9.17) is 0 Å². The van der Waals surface area contributed by atoms with E-state index in [0.29, 0.717) is 12.0 Å². The van der Waals surface area contributed by atoms with Gasteiger partial charge in [-0.25, -0.2) is 0 Å². The maximum absolute atomic E-state index is 11.1. The Balaban J connectivity index is 2.19. The van der Waals surface area contributed by atoms with Crippen LogP contribution in [0.25, 0.3) is 0 Å². The average Bonchev–Trinajstić information content (AvgIpc) is 2.69. The molecule has 2 rings (SSSR count). The molecule has 94 valence electrons. The quantitative estimate of drug-likeness (QED) is 0.719. The van der Waals surface area contributed by atoms with E-state index in [2.05, 4.69) is 26.1 Å². The average molecular weight is 225 g/mol. The molecule has 16 heavy (non-hydrogen) atoms. The summed E-state index contributed by atoms with van der Waals surface area (Å²) >= 11 is 0. The van der Waals surface area contributed by atoms with Crippen LogP contribution in [-0.4, -0.2) is 23.3 Å². The van der Waals surface area contributed by atoms with Crippen molar-refractivity contribution in [3.63, 3.8) is 0 Å². The van der Waals surface area contributed by atoms with Gasteiger partial charge in [0.25, 0.3) is 0 Å². The molecule has 2 fully saturated rings. The van der Waals surface area contributed by atoms with Gasteiger partial charge >= 0.3 is 0 Å². The van der Waals surface area contributed by atoms with Crippen molar-refractivity contribution in [2.24, 2.45) is 11.3 Å². The molecular weight excluding hydrogens is 198 g/mol. The van der Waals surface area contributed by atoms with Crippen LogP contribution >= 0.6 is 0 Å². The second-order valence-electron chi connectivity index (χ2n) is 6.80. The van der Waals surface area contributed by atoms with Crippen LogP contribution in [0.1, 0.15) is 59.3 Å². The Kier molecular flexibility index (Phi) is 3.33. The van der Waals surface area contributed by atoms with Gasteiger partial charge in [-0.3, -0.25) is 0 Å². The third kappa shape index (κ3) is 2.14. The largest absolute Gasteiger partial charge is 0.388 e. The minimum atomic E-state index is -0.451. The fraction of sp³-hybridized carbons (Fsp3) is 1.00. The number of rotatable bonds is 1. The van der Waals surface area contributed by atoms with Crippen LogP contribution in [0.15, 0.2) is 0 Å². The first kappa shape index (κ1) is 12.4. The summed E-state index contributed by atoms with van der Waals surface area (Å²) in [4.78, 5) is 0. The van der Waals surface area contributed by atoms with E-state index in [1.807, 2.05) is 0 Å². The molecule has 1 aliphatic carbocycles. The molecule has 0 aromatic rings. The molecule has 0 aromatic heterocycles. The third-order valence-corrected chi connectivity index (χ3v) is 4.63. The zero-order valence-corrected chi connectivity index (χ0v) is 11.1. The van der Waals surface area contributed by atoms with Crippen LogP contribution in [0.4, 0.5) is 0 Å². The molecule has 1 saturated carbocycles. The van der Waals surface area contributed by atoms with Gasteiger partial charge in [-0.2, -0.15) is 0 Å². The van der Waals surface area contributed by atoms with E-state index >= 15 is 0 Å². The van der Waals surface area contributed by atoms with Gasteiger partial charge < -0.3 is 10.4 Å². The molecule has 3 unspecified atom stereocenters. The van der Waals surface area contributed by atoms with Gasteiger partial charge in [-0.05, 0) is 43.6 Å². The third-order valence-electron chi connectivity index (χ3n) is 4.63. The van der Waals surface area contributed by atoms with Crippen molar-refractivity contribution < 1.29 is 5.11 Å². The van der Waals surface area contributed by atoms with Crippen molar-refractivity contribution in [3.05, 3.63) is 0 Å². The molecule has 1 aliphatic heterocycles. The highest BCUT2D eigenvalue weighted by atomic mass is 16.3. The summed E-state index contributed by atoms with van der Waals surface area (Å²) < 4.78 is 0. The number of hydrogen-bond donors (Lipinski definition) is 2. The number of hydrogen-bond acceptors (Lipinski definition) is 2. The molecule has 2 N–H and O–H groups in total. The molecular formula is C14H27NO. The molecule has 2 nitrogen and oxygen atoms in total. The maximum atomic E-state index is 11.1. The molecule has 0 amide bonds. The first-order valence-corrected chi connectivity index (χ1v) is 6.90. The predicted molar refractivity (Wildman–Crippen MR) is 67.4 cm³/mol. The highest BCUT2D eigenvalue weighted by molar-refractivity contribution is 5.04. The zero-order chi connectivity index (χ0) is 11.8. The Morgan fingerprint density at radius 1 is 1.12 bits per heavy atom. The second-order valence-corrected chi connectivity index (χ2v) is 6.80. The summed E-state index contributed by atoms with van der Waals surface area (Å²) in [6, 6.07) is 0.344. The molecule has 2 aliphatic rings. The van der Waals surface area contributed by atoms with Gasteiger partial charge in [0.1, 0.15) is 0 Å². The van der Waals surface area contributed by atoms with Crippen molar-refractivity contribution in [2.45, 2.75) is 70.9 Å². The van der Waals surface area contributed by atoms with Gasteiger partial charge in [0.05, 0.1) is 5.60 Å². The normalized spacial score (nSPS) is 41.2. The monoisotopic (exact) mass is 225 g/mol. The Labute approximate surface area is 99.8 Å². The topological polar surface area (TPSA) is 32.3 Å². The minimum Gasteiger partial charge on any atom is -0.388 e. The van der Waals surface area contributed by atoms with Crippen molar-refractivity contribution >= 4 is 0 Å². The van der Waals surface area contributed by atoms with Gasteiger partial charge in [-0.15, -0.1) is 0 Å². The van der Waals surface area contributed by atoms with Crippen LogP contribution < -0.4 is 5.32 Å². The lowest BCUT2D eigenvalue weighted by molar-refractivity contribution is -0.110. The summed E-state index contributed by atoms with van der Waals surface area (Å²) in [6.07, 6.45) is 7.05. The molecule has 3 atom stereocenters. The van der Waals surface area contributed by atoms with Crippen molar-refractivity contribution in [3.8, 4) is 0 Å². The van der Waals surface area contributed by atoms with Crippen molar-refractivity contribution in [2.75, 3.05) is 6.54 Å². The van der Waals surface area contributed by atoms with E-state index in [9.17, 15) is 5.11 Å². The Hall–Kier alpha value is -0.0800. The number of nitrogens with one attached hydrogen (secondary N) is 1. The Morgan fingerprint density at radius 3 is 2.44 bits per heavy atom. The van der Waals surface area contributed by atoms with Gasteiger partial charge in [0.2, 0.25) is 0 Å². The summed E-state index contributed by atoms with van der Waals surface area (Å²) in [7, 11) is 0. The zero-order valence-electron chi connectivity index (χ0n) is 11.1. The van der Waals surface area contributed by atoms with Crippen LogP contribution in [0.5, 0.6) is 0 Å². The Bertz CT molecular complexity index is 240. The molecule has 0 radical (unpaired) electrons. The van der Waals surface area contributed by atoms with Crippen LogP contribution in [0, 0.1) is 11.3 Å². The lowest BCUT2D eigenvalue weighted by atomic mass is 9.61. The lowest BCUT2D eigenvalue weighted by Gasteiger charge is -2.50. The van der Waals surface area contributed by atoms with Crippen LogP contribution in [0.3, 0.4) is 0 Å². The van der Waals surface area contributed by atoms with E-state index in [1.165, 1.54) is 25.7 Å². The van der Waals surface area contributed by atoms with E-state index in [-0.39, 0.29) is 5.41 Å². The molecule has 0 bridgehead atoms. The Morgan fingerprint density at radius 2 is 1.88 bits per heavy atom. The van der Waals surface area contributed by atoms with Gasteiger partial charge in [0.15, 0.2) is 0 Å². The molecule has 2 heteroatoms. The summed E-state index contributed by atoms with van der Waals surface area (Å²) in [5.74, 6) is 0.448. The summed E-state index contributed by atoms with van der Waals surface area (Å²) in [5, 5.41) is 14.6. The van der Waals surface area contributed by atoms with Gasteiger partial charge in [0, 0.05) is 6.04 Å². The first-order valence-electron chi connectivity index (χ1n) is 6.90. The fourth-order valence-corrected chi connectivity index (χ4v) is 3.89. The van der Waals surface area contributed by atoms with E-state index in [0.717, 1.165) is 19.4 Å². The summed E-state index contributed by atoms with van der Waals surface area (Å²) in [5.41, 5.74) is -0.230. The second kappa shape index (κ2) is 4.30. The molecule has 0 spiro atoms.